The van der Waals surface area contributed by atoms with Gasteiger partial charge in [0.2, 0.25) is 0 Å². The van der Waals surface area contributed by atoms with E-state index in [0.717, 1.165) is 18.7 Å². The van der Waals surface area contributed by atoms with E-state index in [1.54, 1.807) is 6.20 Å². The maximum Gasteiger partial charge on any atom is 0.419 e. The minimum Gasteiger partial charge on any atom is -0.443 e. The minimum absolute atomic E-state index is 0.295. The van der Waals surface area contributed by atoms with E-state index in [4.69, 9.17) is 4.74 Å². The summed E-state index contributed by atoms with van der Waals surface area (Å²) in [4.78, 5) is 15.9. The van der Waals surface area contributed by atoms with Gasteiger partial charge in [-0.25, -0.2) is 14.3 Å². The van der Waals surface area contributed by atoms with E-state index in [2.05, 4.69) is 10.3 Å². The summed E-state index contributed by atoms with van der Waals surface area (Å²) in [6, 6.07) is 0.295. The van der Waals surface area contributed by atoms with Crippen LogP contribution in [0, 0.1) is 0 Å². The van der Waals surface area contributed by atoms with Crippen molar-refractivity contribution in [2.24, 2.45) is 0 Å². The van der Waals surface area contributed by atoms with Crippen LogP contribution in [0.5, 0.6) is 0 Å². The molecule has 1 atom stereocenters. The second kappa shape index (κ2) is 3.90. The van der Waals surface area contributed by atoms with Crippen molar-refractivity contribution in [2.45, 2.75) is 38.8 Å². The largest absolute Gasteiger partial charge is 0.443 e. The van der Waals surface area contributed by atoms with Gasteiger partial charge in [0.1, 0.15) is 11.9 Å². The molecule has 0 spiro atoms. The smallest absolute Gasteiger partial charge is 0.419 e. The number of aromatic nitrogens is 2. The fraction of sp³-hybridized carbons (Fsp3) is 0.636. The summed E-state index contributed by atoms with van der Waals surface area (Å²) in [5.74, 6) is 0. The van der Waals surface area contributed by atoms with Gasteiger partial charge < -0.3 is 10.1 Å². The lowest BCUT2D eigenvalue weighted by Gasteiger charge is -2.25. The Bertz CT molecular complexity index is 388. The van der Waals surface area contributed by atoms with Gasteiger partial charge in [-0.05, 0) is 33.7 Å². The number of hydrogen-bond donors (Lipinski definition) is 1. The Labute approximate surface area is 94.8 Å². The second-order valence-electron chi connectivity index (χ2n) is 4.98. The fourth-order valence-corrected chi connectivity index (χ4v) is 1.47. The molecule has 1 N–H and O–H groups in total. The number of carbonyl (C=O) groups excluding carboxylic acids is 1. The topological polar surface area (TPSA) is 56.2 Å². The van der Waals surface area contributed by atoms with Crippen LogP contribution >= 0.6 is 0 Å². The van der Waals surface area contributed by atoms with Crippen molar-refractivity contribution in [2.75, 3.05) is 6.54 Å². The van der Waals surface area contributed by atoms with Gasteiger partial charge in [0.05, 0.1) is 11.7 Å². The third-order valence-corrected chi connectivity index (χ3v) is 2.39. The summed E-state index contributed by atoms with van der Waals surface area (Å²) in [6.07, 6.45) is 3.92. The molecule has 16 heavy (non-hydrogen) atoms. The molecule has 0 saturated carbocycles. The number of rotatable bonds is 1. The summed E-state index contributed by atoms with van der Waals surface area (Å²) in [5.41, 5.74) is 0.424. The first-order valence-electron chi connectivity index (χ1n) is 5.46. The monoisotopic (exact) mass is 223 g/mol. The first-order chi connectivity index (χ1) is 7.46. The average Bonchev–Trinajstić information content (AvgIpc) is 2.46. The number of nitrogens with one attached hydrogen (secondary N) is 1. The van der Waals surface area contributed by atoms with Gasteiger partial charge in [-0.2, -0.15) is 0 Å². The number of nitrogens with zero attached hydrogens (tertiary/aromatic N) is 2. The first kappa shape index (κ1) is 11.1. The highest BCUT2D eigenvalue weighted by molar-refractivity contribution is 5.70. The molecule has 1 unspecified atom stereocenters. The fourth-order valence-electron chi connectivity index (χ4n) is 1.47. The van der Waals surface area contributed by atoms with Crippen molar-refractivity contribution in [3.63, 3.8) is 0 Å². The van der Waals surface area contributed by atoms with Crippen molar-refractivity contribution in [1.82, 2.24) is 14.9 Å². The van der Waals surface area contributed by atoms with E-state index in [1.807, 2.05) is 20.8 Å². The van der Waals surface area contributed by atoms with Crippen LogP contribution in [0.25, 0.3) is 0 Å². The van der Waals surface area contributed by atoms with Crippen LogP contribution in [0.1, 0.15) is 38.9 Å². The van der Waals surface area contributed by atoms with Gasteiger partial charge in [0, 0.05) is 6.20 Å². The molecule has 5 nitrogen and oxygen atoms in total. The van der Waals surface area contributed by atoms with E-state index in [0.29, 0.717) is 6.04 Å². The minimum atomic E-state index is -0.476. The molecule has 5 heteroatoms. The number of imidazole rings is 1. The van der Waals surface area contributed by atoms with Crippen LogP contribution in [0.15, 0.2) is 12.5 Å². The van der Waals surface area contributed by atoms with Crippen molar-refractivity contribution >= 4 is 6.09 Å². The molecule has 0 aliphatic carbocycles. The van der Waals surface area contributed by atoms with Crippen LogP contribution < -0.4 is 5.32 Å². The van der Waals surface area contributed by atoms with Gasteiger partial charge in [0.25, 0.3) is 0 Å². The summed E-state index contributed by atoms with van der Waals surface area (Å²) < 4.78 is 6.62. The van der Waals surface area contributed by atoms with E-state index in [1.165, 1.54) is 10.9 Å². The van der Waals surface area contributed by atoms with Gasteiger partial charge in [-0.3, -0.25) is 0 Å². The third kappa shape index (κ3) is 2.41. The van der Waals surface area contributed by atoms with Crippen molar-refractivity contribution < 1.29 is 9.53 Å². The van der Waals surface area contributed by atoms with Crippen LogP contribution in [-0.2, 0) is 4.74 Å². The molecule has 1 fully saturated rings. The zero-order chi connectivity index (χ0) is 11.8. The zero-order valence-corrected chi connectivity index (χ0v) is 9.86. The number of ether oxygens (including phenoxy) is 1. The standard InChI is InChI=1S/C11H17N3O2/c1-11(2,3)16-10(15)14-6-9(13-7-14)8-4-5-12-8/h6-8,12H,4-5H2,1-3H3. The molecular formula is C11H17N3O2. The molecule has 1 aliphatic rings. The van der Waals surface area contributed by atoms with E-state index >= 15 is 0 Å². The molecule has 0 radical (unpaired) electrons. The number of hydrogen-bond acceptors (Lipinski definition) is 4. The van der Waals surface area contributed by atoms with E-state index in [9.17, 15) is 4.79 Å². The summed E-state index contributed by atoms with van der Waals surface area (Å²) in [7, 11) is 0. The molecule has 0 amide bonds. The second-order valence-corrected chi connectivity index (χ2v) is 4.98. The molecule has 1 aliphatic heterocycles. The molecule has 2 heterocycles. The van der Waals surface area contributed by atoms with Crippen LogP contribution in [0.2, 0.25) is 0 Å². The highest BCUT2D eigenvalue weighted by Crippen LogP contribution is 2.20. The maximum absolute atomic E-state index is 11.7. The lowest BCUT2D eigenvalue weighted by molar-refractivity contribution is 0.0536. The molecule has 88 valence electrons. The Morgan fingerprint density at radius 2 is 2.31 bits per heavy atom. The van der Waals surface area contributed by atoms with Gasteiger partial charge in [0.15, 0.2) is 0 Å². The van der Waals surface area contributed by atoms with E-state index in [-0.39, 0.29) is 6.09 Å². The highest BCUT2D eigenvalue weighted by atomic mass is 16.6. The summed E-state index contributed by atoms with van der Waals surface area (Å²) >= 11 is 0. The molecule has 1 aromatic rings. The highest BCUT2D eigenvalue weighted by Gasteiger charge is 2.23. The SMILES string of the molecule is CC(C)(C)OC(=O)n1cnc(C2CCN2)c1. The van der Waals surface area contributed by atoms with Crippen molar-refractivity contribution in [1.29, 1.82) is 0 Å². The average molecular weight is 223 g/mol. The summed E-state index contributed by atoms with van der Waals surface area (Å²) in [6.45, 7) is 6.55. The third-order valence-electron chi connectivity index (χ3n) is 2.39. The van der Waals surface area contributed by atoms with Crippen molar-refractivity contribution in [3.8, 4) is 0 Å². The predicted octanol–water partition coefficient (Wildman–Crippen LogP) is 1.70. The van der Waals surface area contributed by atoms with Gasteiger partial charge >= 0.3 is 6.09 Å². The molecule has 1 aromatic heterocycles. The van der Waals surface area contributed by atoms with E-state index < -0.39 is 5.60 Å². The lowest BCUT2D eigenvalue weighted by Crippen LogP contribution is -2.35. The van der Waals surface area contributed by atoms with Crippen LogP contribution in [0.4, 0.5) is 4.79 Å². The zero-order valence-electron chi connectivity index (χ0n) is 9.86. The Kier molecular flexibility index (Phi) is 2.71. The Balaban J connectivity index is 2.03. The number of carbonyl (C=O) groups is 1. The normalized spacial score (nSPS) is 20.3. The quantitative estimate of drug-likeness (QED) is 0.787. The molecule has 2 rings (SSSR count). The van der Waals surface area contributed by atoms with Gasteiger partial charge in [-0.15, -0.1) is 0 Å². The molecular weight excluding hydrogens is 206 g/mol. The van der Waals surface area contributed by atoms with Crippen LogP contribution in [-0.4, -0.2) is 27.8 Å². The lowest BCUT2D eigenvalue weighted by atomic mass is 10.1. The Morgan fingerprint density at radius 3 is 2.81 bits per heavy atom. The Morgan fingerprint density at radius 1 is 1.62 bits per heavy atom. The predicted molar refractivity (Wildman–Crippen MR) is 59.2 cm³/mol. The van der Waals surface area contributed by atoms with Gasteiger partial charge in [-0.1, -0.05) is 0 Å². The molecule has 0 aromatic carbocycles. The Hall–Kier alpha value is -1.36. The maximum atomic E-state index is 11.7. The summed E-state index contributed by atoms with van der Waals surface area (Å²) in [5, 5.41) is 3.23. The molecule has 0 bridgehead atoms. The van der Waals surface area contributed by atoms with Crippen LogP contribution in [0.3, 0.4) is 0 Å². The first-order valence-corrected chi connectivity index (χ1v) is 5.46. The van der Waals surface area contributed by atoms with Crippen molar-refractivity contribution in [3.05, 3.63) is 18.2 Å². The molecule has 1 saturated heterocycles.